The van der Waals surface area contributed by atoms with Gasteiger partial charge in [-0.25, -0.2) is 0 Å². The van der Waals surface area contributed by atoms with Crippen molar-refractivity contribution in [2.45, 2.75) is 6.54 Å². The SMILES string of the molecule is COc1cc(CNc2cccc3ccncc23)ccc1O. The molecule has 3 rings (SSSR count). The smallest absolute Gasteiger partial charge is 0.160 e. The van der Waals surface area contributed by atoms with E-state index in [1.165, 1.54) is 0 Å². The summed E-state index contributed by atoms with van der Waals surface area (Å²) in [5.74, 6) is 0.629. The highest BCUT2D eigenvalue weighted by molar-refractivity contribution is 5.93. The van der Waals surface area contributed by atoms with E-state index in [-0.39, 0.29) is 5.75 Å². The van der Waals surface area contributed by atoms with E-state index in [4.69, 9.17) is 4.74 Å². The summed E-state index contributed by atoms with van der Waals surface area (Å²) < 4.78 is 5.12. The number of anilines is 1. The van der Waals surface area contributed by atoms with Crippen molar-refractivity contribution >= 4 is 16.5 Å². The number of aromatic nitrogens is 1. The molecule has 0 aliphatic carbocycles. The number of nitrogens with one attached hydrogen (secondary N) is 1. The normalized spacial score (nSPS) is 10.5. The number of fused-ring (bicyclic) bond motifs is 1. The number of benzene rings is 2. The minimum Gasteiger partial charge on any atom is -0.504 e. The average Bonchev–Trinajstić information content (AvgIpc) is 2.54. The molecule has 2 N–H and O–H groups in total. The molecule has 2 aromatic carbocycles. The largest absolute Gasteiger partial charge is 0.504 e. The summed E-state index contributed by atoms with van der Waals surface area (Å²) in [6.45, 7) is 0.643. The summed E-state index contributed by atoms with van der Waals surface area (Å²) in [4.78, 5) is 4.17. The molecular weight excluding hydrogens is 264 g/mol. The Morgan fingerprint density at radius 1 is 1.19 bits per heavy atom. The summed E-state index contributed by atoms with van der Waals surface area (Å²) in [5.41, 5.74) is 2.07. The zero-order chi connectivity index (χ0) is 14.7. The third kappa shape index (κ3) is 2.74. The van der Waals surface area contributed by atoms with Crippen LogP contribution in [0.2, 0.25) is 0 Å². The average molecular weight is 280 g/mol. The standard InChI is InChI=1S/C17H16N2O2/c1-21-17-9-12(5-6-16(17)20)10-19-15-4-2-3-13-7-8-18-11-14(13)15/h2-9,11,19-20H,10H2,1H3. The number of aromatic hydroxyl groups is 1. The molecule has 0 unspecified atom stereocenters. The number of hydrogen-bond acceptors (Lipinski definition) is 4. The summed E-state index contributed by atoms with van der Waals surface area (Å²) >= 11 is 0. The Morgan fingerprint density at radius 3 is 2.95 bits per heavy atom. The Kier molecular flexibility index (Phi) is 3.60. The highest BCUT2D eigenvalue weighted by atomic mass is 16.5. The number of rotatable bonds is 4. The molecule has 21 heavy (non-hydrogen) atoms. The summed E-state index contributed by atoms with van der Waals surface area (Å²) in [5, 5.41) is 15.2. The maximum atomic E-state index is 9.61. The Morgan fingerprint density at radius 2 is 2.10 bits per heavy atom. The van der Waals surface area contributed by atoms with E-state index in [9.17, 15) is 5.11 Å². The van der Waals surface area contributed by atoms with Crippen molar-refractivity contribution in [2.75, 3.05) is 12.4 Å². The maximum Gasteiger partial charge on any atom is 0.160 e. The molecule has 1 heterocycles. The molecule has 1 aromatic heterocycles. The van der Waals surface area contributed by atoms with Gasteiger partial charge in [0.05, 0.1) is 7.11 Å². The van der Waals surface area contributed by atoms with Crippen LogP contribution in [-0.2, 0) is 6.54 Å². The van der Waals surface area contributed by atoms with Crippen LogP contribution in [0.4, 0.5) is 5.69 Å². The number of pyridine rings is 1. The number of hydrogen-bond donors (Lipinski definition) is 2. The van der Waals surface area contributed by atoms with Gasteiger partial charge in [0.1, 0.15) is 0 Å². The number of methoxy groups -OCH3 is 1. The van der Waals surface area contributed by atoms with E-state index in [2.05, 4.69) is 16.4 Å². The molecule has 0 amide bonds. The second kappa shape index (κ2) is 5.71. The zero-order valence-corrected chi connectivity index (χ0v) is 11.7. The number of phenols is 1. The fourth-order valence-electron chi connectivity index (χ4n) is 2.30. The van der Waals surface area contributed by atoms with E-state index in [0.29, 0.717) is 12.3 Å². The minimum atomic E-state index is 0.149. The fourth-order valence-corrected chi connectivity index (χ4v) is 2.30. The van der Waals surface area contributed by atoms with Gasteiger partial charge in [-0.1, -0.05) is 18.2 Å². The molecule has 0 atom stereocenters. The van der Waals surface area contributed by atoms with Crippen LogP contribution in [0, 0.1) is 0 Å². The highest BCUT2D eigenvalue weighted by Crippen LogP contribution is 2.27. The molecule has 0 bridgehead atoms. The van der Waals surface area contributed by atoms with Crippen molar-refractivity contribution in [3.8, 4) is 11.5 Å². The predicted octanol–water partition coefficient (Wildman–Crippen LogP) is 3.56. The molecule has 0 radical (unpaired) electrons. The molecule has 4 nitrogen and oxygen atoms in total. The van der Waals surface area contributed by atoms with Gasteiger partial charge in [0.2, 0.25) is 0 Å². The van der Waals surface area contributed by atoms with E-state index >= 15 is 0 Å². The van der Waals surface area contributed by atoms with Gasteiger partial charge in [0.15, 0.2) is 11.5 Å². The van der Waals surface area contributed by atoms with Crippen LogP contribution in [0.25, 0.3) is 10.8 Å². The second-order valence-corrected chi connectivity index (χ2v) is 4.76. The quantitative estimate of drug-likeness (QED) is 0.767. The lowest BCUT2D eigenvalue weighted by atomic mass is 10.1. The van der Waals surface area contributed by atoms with Crippen LogP contribution in [0.3, 0.4) is 0 Å². The van der Waals surface area contributed by atoms with Crippen LogP contribution < -0.4 is 10.1 Å². The lowest BCUT2D eigenvalue weighted by Crippen LogP contribution is -2.00. The summed E-state index contributed by atoms with van der Waals surface area (Å²) in [7, 11) is 1.54. The number of nitrogens with zero attached hydrogens (tertiary/aromatic N) is 1. The van der Waals surface area contributed by atoms with Crippen molar-refractivity contribution in [3.63, 3.8) is 0 Å². The zero-order valence-electron chi connectivity index (χ0n) is 11.7. The molecule has 0 aliphatic rings. The number of phenolic OH excluding ortho intramolecular Hbond substituents is 1. The van der Waals surface area contributed by atoms with Crippen LogP contribution >= 0.6 is 0 Å². The summed E-state index contributed by atoms with van der Waals surface area (Å²) in [6, 6.07) is 13.4. The Hall–Kier alpha value is -2.75. The van der Waals surface area contributed by atoms with Crippen LogP contribution in [-0.4, -0.2) is 17.2 Å². The van der Waals surface area contributed by atoms with Crippen LogP contribution in [0.5, 0.6) is 11.5 Å². The molecule has 0 aliphatic heterocycles. The van der Waals surface area contributed by atoms with Gasteiger partial charge in [-0.05, 0) is 35.2 Å². The van der Waals surface area contributed by atoms with E-state index < -0.39 is 0 Å². The first kappa shape index (κ1) is 13.2. The van der Waals surface area contributed by atoms with Gasteiger partial charge in [-0.15, -0.1) is 0 Å². The van der Waals surface area contributed by atoms with Crippen molar-refractivity contribution in [1.82, 2.24) is 4.98 Å². The third-order valence-electron chi connectivity index (χ3n) is 3.41. The first-order valence-corrected chi connectivity index (χ1v) is 6.70. The van der Waals surface area contributed by atoms with Crippen molar-refractivity contribution in [2.24, 2.45) is 0 Å². The molecule has 0 saturated heterocycles. The van der Waals surface area contributed by atoms with E-state index in [0.717, 1.165) is 22.0 Å². The lowest BCUT2D eigenvalue weighted by Gasteiger charge is -2.11. The predicted molar refractivity (Wildman–Crippen MR) is 83.7 cm³/mol. The van der Waals surface area contributed by atoms with Crippen LogP contribution in [0.15, 0.2) is 54.9 Å². The first-order valence-electron chi connectivity index (χ1n) is 6.70. The van der Waals surface area contributed by atoms with Crippen LogP contribution in [0.1, 0.15) is 5.56 Å². The van der Waals surface area contributed by atoms with E-state index in [1.54, 1.807) is 19.4 Å². The van der Waals surface area contributed by atoms with Gasteiger partial charge in [-0.2, -0.15) is 0 Å². The maximum absolute atomic E-state index is 9.61. The van der Waals surface area contributed by atoms with Gasteiger partial charge >= 0.3 is 0 Å². The molecule has 4 heteroatoms. The molecule has 3 aromatic rings. The van der Waals surface area contributed by atoms with Crippen molar-refractivity contribution < 1.29 is 9.84 Å². The monoisotopic (exact) mass is 280 g/mol. The topological polar surface area (TPSA) is 54.4 Å². The van der Waals surface area contributed by atoms with Gasteiger partial charge in [0.25, 0.3) is 0 Å². The van der Waals surface area contributed by atoms with Crippen molar-refractivity contribution in [3.05, 3.63) is 60.4 Å². The third-order valence-corrected chi connectivity index (χ3v) is 3.41. The van der Waals surface area contributed by atoms with E-state index in [1.807, 2.05) is 36.5 Å². The molecular formula is C17H16N2O2. The lowest BCUT2D eigenvalue weighted by molar-refractivity contribution is 0.373. The fraction of sp³-hybridized carbons (Fsp3) is 0.118. The van der Waals surface area contributed by atoms with Gasteiger partial charge in [0, 0.05) is 30.0 Å². The molecule has 0 spiro atoms. The van der Waals surface area contributed by atoms with Gasteiger partial charge < -0.3 is 15.2 Å². The Balaban J connectivity index is 1.83. The van der Waals surface area contributed by atoms with Crippen molar-refractivity contribution in [1.29, 1.82) is 0 Å². The van der Waals surface area contributed by atoms with Gasteiger partial charge in [-0.3, -0.25) is 4.98 Å². The Bertz CT molecular complexity index is 766. The highest BCUT2D eigenvalue weighted by Gasteiger charge is 2.04. The summed E-state index contributed by atoms with van der Waals surface area (Å²) in [6.07, 6.45) is 3.64. The minimum absolute atomic E-state index is 0.149. The molecule has 106 valence electrons. The Labute approximate surface area is 123 Å². The number of ether oxygens (including phenoxy) is 1. The first-order chi connectivity index (χ1) is 10.3. The molecule has 0 saturated carbocycles. The molecule has 0 fully saturated rings. The second-order valence-electron chi connectivity index (χ2n) is 4.76.